The van der Waals surface area contributed by atoms with Gasteiger partial charge >= 0.3 is 12.0 Å². The van der Waals surface area contributed by atoms with Crippen LogP contribution >= 0.6 is 0 Å². The third kappa shape index (κ3) is 5.32. The quantitative estimate of drug-likeness (QED) is 0.728. The van der Waals surface area contributed by atoms with Gasteiger partial charge in [-0.2, -0.15) is 0 Å². The van der Waals surface area contributed by atoms with Crippen molar-refractivity contribution in [3.05, 3.63) is 12.7 Å². The molecule has 0 aliphatic rings. The van der Waals surface area contributed by atoms with Crippen LogP contribution in [-0.4, -0.2) is 40.1 Å². The van der Waals surface area contributed by atoms with Crippen molar-refractivity contribution >= 4 is 12.0 Å². The first-order valence-electron chi connectivity index (χ1n) is 6.57. The Hall–Kier alpha value is -1.52. The second-order valence-electron chi connectivity index (χ2n) is 5.72. The highest BCUT2D eigenvalue weighted by atomic mass is 16.4. The summed E-state index contributed by atoms with van der Waals surface area (Å²) in [6.45, 7) is 13.4. The topological polar surface area (TPSA) is 69.6 Å². The number of aliphatic carboxylic acids is 1. The van der Waals surface area contributed by atoms with E-state index in [-0.39, 0.29) is 11.9 Å². The van der Waals surface area contributed by atoms with Crippen LogP contribution in [0.15, 0.2) is 12.7 Å². The summed E-state index contributed by atoms with van der Waals surface area (Å²) in [5.74, 6) is -1.12. The van der Waals surface area contributed by atoms with Gasteiger partial charge in [0.25, 0.3) is 0 Å². The van der Waals surface area contributed by atoms with Crippen LogP contribution in [-0.2, 0) is 4.79 Å². The summed E-state index contributed by atoms with van der Waals surface area (Å²) in [6, 6.07) is -1.24. The molecule has 0 aliphatic carbocycles. The summed E-state index contributed by atoms with van der Waals surface area (Å²) in [6.07, 6.45) is 2.32. The summed E-state index contributed by atoms with van der Waals surface area (Å²) in [5, 5.41) is 11.8. The van der Waals surface area contributed by atoms with E-state index in [0.29, 0.717) is 13.0 Å². The van der Waals surface area contributed by atoms with Gasteiger partial charge in [-0.25, -0.2) is 9.59 Å². The van der Waals surface area contributed by atoms with Crippen molar-refractivity contribution in [2.24, 2.45) is 5.92 Å². The Kier molecular flexibility index (Phi) is 6.59. The Morgan fingerprint density at radius 1 is 1.42 bits per heavy atom. The summed E-state index contributed by atoms with van der Waals surface area (Å²) in [4.78, 5) is 25.0. The number of carbonyl (C=O) groups excluding carboxylic acids is 1. The van der Waals surface area contributed by atoms with Gasteiger partial charge in [0.05, 0.1) is 0 Å². The van der Waals surface area contributed by atoms with E-state index in [2.05, 4.69) is 11.9 Å². The molecule has 0 aromatic heterocycles. The number of carboxylic acids is 1. The molecule has 19 heavy (non-hydrogen) atoms. The molecule has 0 aromatic rings. The minimum atomic E-state index is -1.00. The lowest BCUT2D eigenvalue weighted by Crippen LogP contribution is -2.55. The molecule has 0 saturated heterocycles. The molecule has 0 rings (SSSR count). The SMILES string of the molecule is C=CCN(C(=O)N[C@H](C(=O)O)[C@@H](C)CC)C(C)(C)C. The normalized spacial score (nSPS) is 14.4. The Morgan fingerprint density at radius 2 is 1.95 bits per heavy atom. The number of rotatable bonds is 6. The van der Waals surface area contributed by atoms with Gasteiger partial charge in [0.1, 0.15) is 6.04 Å². The molecule has 0 radical (unpaired) electrons. The van der Waals surface area contributed by atoms with Gasteiger partial charge in [-0.05, 0) is 26.7 Å². The van der Waals surface area contributed by atoms with Crippen LogP contribution < -0.4 is 5.32 Å². The molecule has 0 heterocycles. The van der Waals surface area contributed by atoms with Gasteiger partial charge in [-0.1, -0.05) is 26.3 Å². The second kappa shape index (κ2) is 7.16. The fourth-order valence-electron chi connectivity index (χ4n) is 1.68. The van der Waals surface area contributed by atoms with Gasteiger partial charge in [0, 0.05) is 12.1 Å². The van der Waals surface area contributed by atoms with Crippen LogP contribution in [0.1, 0.15) is 41.0 Å². The van der Waals surface area contributed by atoms with Crippen LogP contribution in [0.25, 0.3) is 0 Å². The van der Waals surface area contributed by atoms with E-state index in [1.807, 2.05) is 34.6 Å². The zero-order chi connectivity index (χ0) is 15.2. The minimum absolute atomic E-state index is 0.119. The third-order valence-corrected chi connectivity index (χ3v) is 3.12. The lowest BCUT2D eigenvalue weighted by molar-refractivity contribution is -0.140. The van der Waals surface area contributed by atoms with E-state index in [0.717, 1.165) is 0 Å². The van der Waals surface area contributed by atoms with Crippen molar-refractivity contribution in [3.8, 4) is 0 Å². The summed E-state index contributed by atoms with van der Waals surface area (Å²) in [5.41, 5.74) is -0.392. The molecule has 0 bridgehead atoms. The Morgan fingerprint density at radius 3 is 2.26 bits per heavy atom. The number of urea groups is 1. The number of nitrogens with one attached hydrogen (secondary N) is 1. The number of amides is 2. The van der Waals surface area contributed by atoms with Crippen molar-refractivity contribution in [2.75, 3.05) is 6.54 Å². The molecule has 0 spiro atoms. The lowest BCUT2D eigenvalue weighted by Gasteiger charge is -2.36. The molecular weight excluding hydrogens is 244 g/mol. The maximum atomic E-state index is 12.2. The fraction of sp³-hybridized carbons (Fsp3) is 0.714. The van der Waals surface area contributed by atoms with Gasteiger partial charge in [0.2, 0.25) is 0 Å². The maximum absolute atomic E-state index is 12.2. The zero-order valence-corrected chi connectivity index (χ0v) is 12.6. The van der Waals surface area contributed by atoms with E-state index in [1.165, 1.54) is 0 Å². The van der Waals surface area contributed by atoms with Crippen LogP contribution in [0.2, 0.25) is 0 Å². The highest BCUT2D eigenvalue weighted by Crippen LogP contribution is 2.15. The number of hydrogen-bond acceptors (Lipinski definition) is 2. The van der Waals surface area contributed by atoms with Gasteiger partial charge < -0.3 is 15.3 Å². The van der Waals surface area contributed by atoms with Crippen LogP contribution in [0.5, 0.6) is 0 Å². The predicted molar refractivity (Wildman–Crippen MR) is 76.1 cm³/mol. The van der Waals surface area contributed by atoms with Crippen molar-refractivity contribution in [1.29, 1.82) is 0 Å². The first-order chi connectivity index (χ1) is 8.65. The number of nitrogens with zero attached hydrogens (tertiary/aromatic N) is 1. The first-order valence-corrected chi connectivity index (χ1v) is 6.57. The smallest absolute Gasteiger partial charge is 0.326 e. The van der Waals surface area contributed by atoms with Gasteiger partial charge in [0.15, 0.2) is 0 Å². The number of carbonyl (C=O) groups is 2. The van der Waals surface area contributed by atoms with Crippen LogP contribution in [0.4, 0.5) is 4.79 Å². The van der Waals surface area contributed by atoms with Crippen molar-refractivity contribution < 1.29 is 14.7 Å². The Balaban J connectivity index is 4.96. The van der Waals surface area contributed by atoms with Crippen LogP contribution in [0, 0.1) is 5.92 Å². The molecule has 2 N–H and O–H groups in total. The van der Waals surface area contributed by atoms with Gasteiger partial charge in [-0.3, -0.25) is 0 Å². The average Bonchev–Trinajstić information content (AvgIpc) is 2.29. The molecule has 0 fully saturated rings. The minimum Gasteiger partial charge on any atom is -0.480 e. The van der Waals surface area contributed by atoms with Crippen molar-refractivity contribution in [2.45, 2.75) is 52.6 Å². The predicted octanol–water partition coefficient (Wildman–Crippen LogP) is 2.48. The average molecular weight is 270 g/mol. The molecule has 5 heteroatoms. The largest absolute Gasteiger partial charge is 0.480 e. The molecule has 5 nitrogen and oxygen atoms in total. The third-order valence-electron chi connectivity index (χ3n) is 3.12. The number of hydrogen-bond donors (Lipinski definition) is 2. The zero-order valence-electron chi connectivity index (χ0n) is 12.6. The molecule has 2 atom stereocenters. The van der Waals surface area contributed by atoms with E-state index in [9.17, 15) is 14.7 Å². The molecule has 0 aromatic carbocycles. The van der Waals surface area contributed by atoms with Crippen LogP contribution in [0.3, 0.4) is 0 Å². The van der Waals surface area contributed by atoms with E-state index in [1.54, 1.807) is 11.0 Å². The fourth-order valence-corrected chi connectivity index (χ4v) is 1.68. The molecular formula is C14H26N2O3. The molecule has 0 aliphatic heterocycles. The number of carboxylic acid groups (broad SMARTS) is 1. The monoisotopic (exact) mass is 270 g/mol. The standard InChI is InChI=1S/C14H26N2O3/c1-7-9-16(14(4,5)6)13(19)15-11(12(17)18)10(3)8-2/h7,10-11H,1,8-9H2,2-6H3,(H,15,19)(H,17,18)/t10-,11-/m0/s1. The summed E-state index contributed by atoms with van der Waals surface area (Å²) < 4.78 is 0. The van der Waals surface area contributed by atoms with E-state index in [4.69, 9.17) is 0 Å². The Bertz CT molecular complexity index is 334. The molecule has 0 saturated carbocycles. The van der Waals surface area contributed by atoms with Crippen molar-refractivity contribution in [3.63, 3.8) is 0 Å². The molecule has 0 unspecified atom stereocenters. The molecule has 110 valence electrons. The highest BCUT2D eigenvalue weighted by Gasteiger charge is 2.31. The maximum Gasteiger partial charge on any atom is 0.326 e. The van der Waals surface area contributed by atoms with Crippen molar-refractivity contribution in [1.82, 2.24) is 10.2 Å². The summed E-state index contributed by atoms with van der Waals surface area (Å²) in [7, 11) is 0. The molecule has 2 amide bonds. The summed E-state index contributed by atoms with van der Waals surface area (Å²) >= 11 is 0. The highest BCUT2D eigenvalue weighted by molar-refractivity contribution is 5.83. The first kappa shape index (κ1) is 17.5. The second-order valence-corrected chi connectivity index (χ2v) is 5.72. The van der Waals surface area contributed by atoms with Gasteiger partial charge in [-0.15, -0.1) is 6.58 Å². The Labute approximate surface area is 115 Å². The van der Waals surface area contributed by atoms with E-state index < -0.39 is 17.6 Å². The lowest BCUT2D eigenvalue weighted by atomic mass is 9.99. The van der Waals surface area contributed by atoms with E-state index >= 15 is 0 Å².